The predicted molar refractivity (Wildman–Crippen MR) is 74.8 cm³/mol. The molecule has 2 rings (SSSR count). The molecule has 16 heavy (non-hydrogen) atoms. The van der Waals surface area contributed by atoms with Crippen LogP contribution in [0.1, 0.15) is 25.3 Å². The summed E-state index contributed by atoms with van der Waals surface area (Å²) in [5.41, 5.74) is 2.29. The molecule has 0 spiro atoms. The molecule has 2 atom stereocenters. The van der Waals surface area contributed by atoms with Crippen molar-refractivity contribution in [1.29, 1.82) is 0 Å². The average molecular weight is 256 g/mol. The van der Waals surface area contributed by atoms with Gasteiger partial charge in [-0.15, -0.1) is 0 Å². The third-order valence-electron chi connectivity index (χ3n) is 3.13. The molecule has 0 amide bonds. The second-order valence-corrected chi connectivity index (χ2v) is 6.33. The summed E-state index contributed by atoms with van der Waals surface area (Å²) in [4.78, 5) is 0. The lowest BCUT2D eigenvalue weighted by atomic mass is 10.1. The number of halogens is 1. The summed E-state index contributed by atoms with van der Waals surface area (Å²) in [6.07, 6.45) is 2.58. The molecule has 0 aromatic heterocycles. The van der Waals surface area contributed by atoms with Crippen molar-refractivity contribution in [2.75, 3.05) is 11.1 Å². The van der Waals surface area contributed by atoms with Gasteiger partial charge in [-0.1, -0.05) is 24.6 Å². The Balaban J connectivity index is 2.05. The first-order valence-electron chi connectivity index (χ1n) is 5.81. The van der Waals surface area contributed by atoms with Crippen molar-refractivity contribution < 1.29 is 0 Å². The number of rotatable bonds is 2. The van der Waals surface area contributed by atoms with Crippen LogP contribution in [0.3, 0.4) is 0 Å². The van der Waals surface area contributed by atoms with Crippen LogP contribution < -0.4 is 5.32 Å². The molecule has 1 aromatic rings. The second kappa shape index (κ2) is 5.33. The minimum atomic E-state index is 0.581. The monoisotopic (exact) mass is 255 g/mol. The smallest absolute Gasteiger partial charge is 0.0455 e. The van der Waals surface area contributed by atoms with Crippen LogP contribution in [0.15, 0.2) is 18.2 Å². The molecule has 0 bridgehead atoms. The van der Waals surface area contributed by atoms with Crippen LogP contribution in [0.25, 0.3) is 0 Å². The quantitative estimate of drug-likeness (QED) is 0.844. The van der Waals surface area contributed by atoms with E-state index in [4.69, 9.17) is 11.6 Å². The number of anilines is 1. The Hall–Kier alpha value is -0.340. The Bertz CT molecular complexity index is 367. The van der Waals surface area contributed by atoms with E-state index in [0.29, 0.717) is 11.3 Å². The Morgan fingerprint density at radius 1 is 1.44 bits per heavy atom. The highest BCUT2D eigenvalue weighted by atomic mass is 35.5. The van der Waals surface area contributed by atoms with Crippen molar-refractivity contribution in [3.8, 4) is 0 Å². The van der Waals surface area contributed by atoms with E-state index in [9.17, 15) is 0 Å². The van der Waals surface area contributed by atoms with Crippen LogP contribution in [0.4, 0.5) is 5.69 Å². The summed E-state index contributed by atoms with van der Waals surface area (Å²) < 4.78 is 0. The van der Waals surface area contributed by atoms with E-state index in [1.165, 1.54) is 18.6 Å². The van der Waals surface area contributed by atoms with Crippen molar-refractivity contribution in [3.63, 3.8) is 0 Å². The predicted octanol–water partition coefficient (Wildman–Crippen LogP) is 4.34. The highest BCUT2D eigenvalue weighted by Crippen LogP contribution is 2.28. The van der Waals surface area contributed by atoms with Crippen molar-refractivity contribution in [1.82, 2.24) is 0 Å². The first kappa shape index (κ1) is 12.1. The highest BCUT2D eigenvalue weighted by molar-refractivity contribution is 8.00. The maximum absolute atomic E-state index is 6.12. The first-order chi connectivity index (χ1) is 7.66. The molecule has 1 N–H and O–H groups in total. The van der Waals surface area contributed by atoms with Crippen molar-refractivity contribution in [2.45, 2.75) is 38.0 Å². The molecule has 88 valence electrons. The van der Waals surface area contributed by atoms with Gasteiger partial charge in [-0.2, -0.15) is 11.8 Å². The molecule has 1 saturated heterocycles. The number of nitrogens with one attached hydrogen (secondary N) is 1. The van der Waals surface area contributed by atoms with E-state index in [1.54, 1.807) is 0 Å². The zero-order chi connectivity index (χ0) is 11.5. The summed E-state index contributed by atoms with van der Waals surface area (Å²) in [5.74, 6) is 1.30. The summed E-state index contributed by atoms with van der Waals surface area (Å²) in [7, 11) is 0. The van der Waals surface area contributed by atoms with Gasteiger partial charge in [0.15, 0.2) is 0 Å². The maximum atomic E-state index is 6.12. The van der Waals surface area contributed by atoms with Gasteiger partial charge < -0.3 is 5.32 Å². The van der Waals surface area contributed by atoms with Crippen molar-refractivity contribution in [3.05, 3.63) is 28.8 Å². The SMILES string of the molecule is Cc1ccc(NC2CCCSC2C)cc1Cl. The van der Waals surface area contributed by atoms with Crippen LogP contribution in [0.5, 0.6) is 0 Å². The number of thioether (sulfide) groups is 1. The van der Waals surface area contributed by atoms with E-state index >= 15 is 0 Å². The lowest BCUT2D eigenvalue weighted by molar-refractivity contribution is 0.617. The van der Waals surface area contributed by atoms with Crippen LogP contribution in [0.2, 0.25) is 5.02 Å². The molecule has 0 saturated carbocycles. The highest BCUT2D eigenvalue weighted by Gasteiger charge is 2.21. The third-order valence-corrected chi connectivity index (χ3v) is 4.92. The van der Waals surface area contributed by atoms with Gasteiger partial charge in [0.1, 0.15) is 0 Å². The van der Waals surface area contributed by atoms with Gasteiger partial charge in [0.2, 0.25) is 0 Å². The largest absolute Gasteiger partial charge is 0.381 e. The van der Waals surface area contributed by atoms with Gasteiger partial charge in [-0.05, 0) is 43.2 Å². The molecule has 1 heterocycles. The number of hydrogen-bond acceptors (Lipinski definition) is 2. The minimum Gasteiger partial charge on any atom is -0.381 e. The summed E-state index contributed by atoms with van der Waals surface area (Å²) in [6, 6.07) is 6.80. The zero-order valence-electron chi connectivity index (χ0n) is 9.79. The fraction of sp³-hybridized carbons (Fsp3) is 0.538. The normalized spacial score (nSPS) is 25.4. The molecule has 3 heteroatoms. The van der Waals surface area contributed by atoms with Gasteiger partial charge in [0.05, 0.1) is 0 Å². The molecule has 0 radical (unpaired) electrons. The Kier molecular flexibility index (Phi) is 4.04. The third kappa shape index (κ3) is 2.86. The van der Waals surface area contributed by atoms with Gasteiger partial charge in [0, 0.05) is 22.0 Å². The van der Waals surface area contributed by atoms with E-state index in [-0.39, 0.29) is 0 Å². The minimum absolute atomic E-state index is 0.581. The fourth-order valence-electron chi connectivity index (χ4n) is 2.01. The molecule has 1 aliphatic heterocycles. The van der Waals surface area contributed by atoms with Crippen molar-refractivity contribution in [2.24, 2.45) is 0 Å². The number of hydrogen-bond donors (Lipinski definition) is 1. The molecule has 2 unspecified atom stereocenters. The molecule has 1 aromatic carbocycles. The van der Waals surface area contributed by atoms with Crippen LogP contribution >= 0.6 is 23.4 Å². The first-order valence-corrected chi connectivity index (χ1v) is 7.24. The summed E-state index contributed by atoms with van der Waals surface area (Å²) in [5, 5.41) is 5.13. The van der Waals surface area contributed by atoms with Gasteiger partial charge in [0.25, 0.3) is 0 Å². The number of benzene rings is 1. The summed E-state index contributed by atoms with van der Waals surface area (Å²) >= 11 is 8.18. The fourth-order valence-corrected chi connectivity index (χ4v) is 3.33. The molecule has 1 aliphatic rings. The summed E-state index contributed by atoms with van der Waals surface area (Å²) in [6.45, 7) is 4.34. The lowest BCUT2D eigenvalue weighted by Crippen LogP contribution is -2.32. The standard InChI is InChI=1S/C13H18ClNS/c1-9-5-6-11(8-12(9)14)15-13-4-3-7-16-10(13)2/h5-6,8,10,13,15H,3-4,7H2,1-2H3. The van der Waals surface area contributed by atoms with E-state index in [0.717, 1.165) is 16.3 Å². The maximum Gasteiger partial charge on any atom is 0.0455 e. The van der Waals surface area contributed by atoms with E-state index < -0.39 is 0 Å². The van der Waals surface area contributed by atoms with Crippen LogP contribution in [-0.4, -0.2) is 17.0 Å². The molecule has 1 fully saturated rings. The van der Waals surface area contributed by atoms with Crippen LogP contribution in [-0.2, 0) is 0 Å². The second-order valence-electron chi connectivity index (χ2n) is 4.43. The van der Waals surface area contributed by atoms with Gasteiger partial charge in [-0.3, -0.25) is 0 Å². The molecule has 1 nitrogen and oxygen atoms in total. The zero-order valence-corrected chi connectivity index (χ0v) is 11.4. The molecular formula is C13H18ClNS. The lowest BCUT2D eigenvalue weighted by Gasteiger charge is -2.30. The molecule has 0 aliphatic carbocycles. The van der Waals surface area contributed by atoms with Gasteiger partial charge >= 0.3 is 0 Å². The Morgan fingerprint density at radius 2 is 2.25 bits per heavy atom. The number of aryl methyl sites for hydroxylation is 1. The van der Waals surface area contributed by atoms with E-state index in [2.05, 4.69) is 36.1 Å². The van der Waals surface area contributed by atoms with E-state index in [1.807, 2.05) is 13.0 Å². The van der Waals surface area contributed by atoms with Gasteiger partial charge in [-0.25, -0.2) is 0 Å². The van der Waals surface area contributed by atoms with Crippen LogP contribution in [0, 0.1) is 6.92 Å². The topological polar surface area (TPSA) is 12.0 Å². The van der Waals surface area contributed by atoms with Crippen molar-refractivity contribution >= 4 is 29.1 Å². The Morgan fingerprint density at radius 3 is 2.94 bits per heavy atom. The Labute approximate surface area is 107 Å². The average Bonchev–Trinajstić information content (AvgIpc) is 2.27. The molecular weight excluding hydrogens is 238 g/mol.